The van der Waals surface area contributed by atoms with Crippen molar-refractivity contribution in [3.8, 4) is 0 Å². The second-order valence-electron chi connectivity index (χ2n) is 8.63. The summed E-state index contributed by atoms with van der Waals surface area (Å²) in [7, 11) is 0. The fourth-order valence-corrected chi connectivity index (χ4v) is 4.75. The molecule has 8 nitrogen and oxygen atoms in total. The van der Waals surface area contributed by atoms with E-state index in [1.807, 2.05) is 41.3 Å². The number of piperazine rings is 1. The van der Waals surface area contributed by atoms with E-state index < -0.39 is 0 Å². The first kappa shape index (κ1) is 22.1. The van der Waals surface area contributed by atoms with Crippen molar-refractivity contribution in [3.63, 3.8) is 0 Å². The summed E-state index contributed by atoms with van der Waals surface area (Å²) in [5.41, 5.74) is 1.76. The average Bonchev–Trinajstić information content (AvgIpc) is 3.61. The maximum atomic E-state index is 13.3. The second kappa shape index (κ2) is 9.67. The Kier molecular flexibility index (Phi) is 6.48. The standard InChI is InChI=1S/C24H27ClN4O4/c25-18-7-5-17(6-8-18)19-15-20(21-3-1-13-32-21)29(26-19)23(30)16-27-9-11-28(12-10-27)24(31)22-4-2-14-33-22/h1,3,5-8,13,20,22H,2,4,9-12,14-16H2/t20-,22-/m0/s1. The summed E-state index contributed by atoms with van der Waals surface area (Å²) in [6.07, 6.45) is 3.63. The van der Waals surface area contributed by atoms with Crippen LogP contribution in [0.3, 0.4) is 0 Å². The molecule has 0 saturated carbocycles. The highest BCUT2D eigenvalue weighted by molar-refractivity contribution is 6.30. The van der Waals surface area contributed by atoms with Crippen LogP contribution in [0.5, 0.6) is 0 Å². The van der Waals surface area contributed by atoms with Gasteiger partial charge in [-0.05, 0) is 42.7 Å². The molecule has 2 fully saturated rings. The van der Waals surface area contributed by atoms with Gasteiger partial charge in [0.05, 0.1) is 18.5 Å². The van der Waals surface area contributed by atoms with Crippen LogP contribution in [0.2, 0.25) is 5.02 Å². The van der Waals surface area contributed by atoms with Crippen molar-refractivity contribution in [2.45, 2.75) is 31.4 Å². The van der Waals surface area contributed by atoms with Crippen molar-refractivity contribution < 1.29 is 18.7 Å². The third-order valence-corrected chi connectivity index (χ3v) is 6.71. The molecule has 2 saturated heterocycles. The molecule has 2 atom stereocenters. The van der Waals surface area contributed by atoms with Gasteiger partial charge in [-0.3, -0.25) is 14.5 Å². The first-order chi connectivity index (χ1) is 16.1. The van der Waals surface area contributed by atoms with E-state index in [2.05, 4.69) is 10.0 Å². The quantitative estimate of drug-likeness (QED) is 0.671. The van der Waals surface area contributed by atoms with Gasteiger partial charge in [-0.2, -0.15) is 5.10 Å². The Morgan fingerprint density at radius 2 is 1.88 bits per heavy atom. The number of amides is 2. The van der Waals surface area contributed by atoms with E-state index in [1.165, 1.54) is 0 Å². The zero-order valence-electron chi connectivity index (χ0n) is 18.4. The van der Waals surface area contributed by atoms with E-state index in [1.54, 1.807) is 11.3 Å². The minimum absolute atomic E-state index is 0.0770. The number of hydrogen-bond acceptors (Lipinski definition) is 6. The molecule has 0 aliphatic carbocycles. The summed E-state index contributed by atoms with van der Waals surface area (Å²) in [6, 6.07) is 10.9. The maximum absolute atomic E-state index is 13.3. The van der Waals surface area contributed by atoms with Crippen LogP contribution in [0.25, 0.3) is 0 Å². The van der Waals surface area contributed by atoms with Crippen LogP contribution in [0.1, 0.15) is 36.6 Å². The third kappa shape index (κ3) is 4.83. The van der Waals surface area contributed by atoms with Gasteiger partial charge in [0, 0.05) is 44.2 Å². The number of benzene rings is 1. The largest absolute Gasteiger partial charge is 0.467 e. The Hall–Kier alpha value is -2.68. The second-order valence-corrected chi connectivity index (χ2v) is 9.07. The molecule has 0 N–H and O–H groups in total. The number of halogens is 1. The van der Waals surface area contributed by atoms with Gasteiger partial charge in [0.15, 0.2) is 0 Å². The molecule has 0 spiro atoms. The highest BCUT2D eigenvalue weighted by Crippen LogP contribution is 2.33. The van der Waals surface area contributed by atoms with Crippen LogP contribution < -0.4 is 0 Å². The molecule has 2 amide bonds. The number of hydrazone groups is 1. The van der Waals surface area contributed by atoms with Gasteiger partial charge >= 0.3 is 0 Å². The number of carbonyl (C=O) groups is 2. The van der Waals surface area contributed by atoms with Gasteiger partial charge in [-0.25, -0.2) is 5.01 Å². The highest BCUT2D eigenvalue weighted by atomic mass is 35.5. The molecule has 4 heterocycles. The Morgan fingerprint density at radius 1 is 1.09 bits per heavy atom. The Bertz CT molecular complexity index is 1010. The van der Waals surface area contributed by atoms with Gasteiger partial charge in [0.25, 0.3) is 11.8 Å². The molecule has 0 radical (unpaired) electrons. The van der Waals surface area contributed by atoms with Gasteiger partial charge in [0.1, 0.15) is 17.9 Å². The first-order valence-electron chi connectivity index (χ1n) is 11.4. The topological polar surface area (TPSA) is 78.6 Å². The van der Waals surface area contributed by atoms with E-state index >= 15 is 0 Å². The van der Waals surface area contributed by atoms with Crippen molar-refractivity contribution in [2.24, 2.45) is 5.10 Å². The van der Waals surface area contributed by atoms with Crippen LogP contribution in [-0.4, -0.2) is 77.8 Å². The van der Waals surface area contributed by atoms with Crippen molar-refractivity contribution in [1.82, 2.24) is 14.8 Å². The number of rotatable bonds is 5. The molecule has 33 heavy (non-hydrogen) atoms. The number of nitrogens with zero attached hydrogens (tertiary/aromatic N) is 4. The van der Waals surface area contributed by atoms with Gasteiger partial charge in [-0.15, -0.1) is 0 Å². The number of furan rings is 1. The van der Waals surface area contributed by atoms with Crippen LogP contribution in [0.4, 0.5) is 0 Å². The maximum Gasteiger partial charge on any atom is 0.257 e. The minimum Gasteiger partial charge on any atom is -0.467 e. The van der Waals surface area contributed by atoms with Gasteiger partial charge < -0.3 is 14.1 Å². The SMILES string of the molecule is O=C([C@@H]1CCCO1)N1CCN(CC(=O)N2N=C(c3ccc(Cl)cc3)C[C@H]2c2ccco2)CC1. The van der Waals surface area contributed by atoms with Gasteiger partial charge in [0.2, 0.25) is 0 Å². The predicted molar refractivity (Wildman–Crippen MR) is 123 cm³/mol. The summed E-state index contributed by atoms with van der Waals surface area (Å²) in [5, 5.41) is 6.88. The van der Waals surface area contributed by atoms with Crippen molar-refractivity contribution >= 4 is 29.1 Å². The third-order valence-electron chi connectivity index (χ3n) is 6.46. The average molecular weight is 471 g/mol. The first-order valence-corrected chi connectivity index (χ1v) is 11.8. The summed E-state index contributed by atoms with van der Waals surface area (Å²) >= 11 is 6.03. The highest BCUT2D eigenvalue weighted by Gasteiger charge is 2.36. The lowest BCUT2D eigenvalue weighted by atomic mass is 10.0. The lowest BCUT2D eigenvalue weighted by molar-refractivity contribution is -0.143. The van der Waals surface area contributed by atoms with E-state index in [0.29, 0.717) is 50.0 Å². The zero-order valence-corrected chi connectivity index (χ0v) is 19.1. The number of ether oxygens (including phenoxy) is 1. The molecular weight excluding hydrogens is 444 g/mol. The predicted octanol–water partition coefficient (Wildman–Crippen LogP) is 2.93. The minimum atomic E-state index is -0.294. The molecule has 5 rings (SSSR count). The van der Waals surface area contributed by atoms with E-state index in [-0.39, 0.29) is 30.5 Å². The molecule has 0 bridgehead atoms. The monoisotopic (exact) mass is 470 g/mol. The van der Waals surface area contributed by atoms with Crippen LogP contribution in [0, 0.1) is 0 Å². The Labute approximate surface area is 197 Å². The summed E-state index contributed by atoms with van der Waals surface area (Å²) in [6.45, 7) is 3.42. The van der Waals surface area contributed by atoms with E-state index in [0.717, 1.165) is 24.1 Å². The summed E-state index contributed by atoms with van der Waals surface area (Å²) in [5.74, 6) is 0.704. The fourth-order valence-electron chi connectivity index (χ4n) is 4.63. The molecule has 9 heteroatoms. The summed E-state index contributed by atoms with van der Waals surface area (Å²) in [4.78, 5) is 29.8. The number of hydrogen-bond donors (Lipinski definition) is 0. The zero-order chi connectivity index (χ0) is 22.8. The van der Waals surface area contributed by atoms with Crippen molar-refractivity contribution in [2.75, 3.05) is 39.3 Å². The lowest BCUT2D eigenvalue weighted by Gasteiger charge is -2.36. The van der Waals surface area contributed by atoms with E-state index in [9.17, 15) is 9.59 Å². The number of carbonyl (C=O) groups excluding carboxylic acids is 2. The molecule has 1 aromatic carbocycles. The van der Waals surface area contributed by atoms with Crippen LogP contribution >= 0.6 is 11.6 Å². The smallest absolute Gasteiger partial charge is 0.257 e. The lowest BCUT2D eigenvalue weighted by Crippen LogP contribution is -2.53. The van der Waals surface area contributed by atoms with Crippen molar-refractivity contribution in [1.29, 1.82) is 0 Å². The normalized spacial score (nSPS) is 23.7. The van der Waals surface area contributed by atoms with Crippen LogP contribution in [-0.2, 0) is 14.3 Å². The molecule has 3 aliphatic rings. The molecular formula is C24H27ClN4O4. The molecule has 174 valence electrons. The fraction of sp³-hybridized carbons (Fsp3) is 0.458. The Balaban J connectivity index is 1.24. The Morgan fingerprint density at radius 3 is 2.55 bits per heavy atom. The molecule has 0 unspecified atom stereocenters. The molecule has 2 aromatic rings. The van der Waals surface area contributed by atoms with E-state index in [4.69, 9.17) is 20.8 Å². The van der Waals surface area contributed by atoms with Crippen LogP contribution in [0.15, 0.2) is 52.2 Å². The summed E-state index contributed by atoms with van der Waals surface area (Å²) < 4.78 is 11.2. The molecule has 3 aliphatic heterocycles. The van der Waals surface area contributed by atoms with Gasteiger partial charge in [-0.1, -0.05) is 23.7 Å². The van der Waals surface area contributed by atoms with Crippen molar-refractivity contribution in [3.05, 3.63) is 59.0 Å². The molecule has 1 aromatic heterocycles.